The number of benzene rings is 2. The van der Waals surface area contributed by atoms with Gasteiger partial charge in [0, 0.05) is 9.13 Å². The summed E-state index contributed by atoms with van der Waals surface area (Å²) in [6, 6.07) is 14.7. The molecule has 19 heavy (non-hydrogen) atoms. The number of carbonyl (C=O) groups is 1. The standard InChI is InChI=1S/C15H13IO3/c1-18-14-4-2-3-5-15(14)19-10-13(17)11-6-8-12(16)9-7-11/h2-9H,10H2,1H3. The van der Waals surface area contributed by atoms with Crippen LogP contribution in [0, 0.1) is 3.57 Å². The molecule has 0 amide bonds. The Balaban J connectivity index is 2.02. The van der Waals surface area contributed by atoms with Gasteiger partial charge < -0.3 is 9.47 Å². The number of ketones is 1. The van der Waals surface area contributed by atoms with Crippen LogP contribution >= 0.6 is 22.6 Å². The van der Waals surface area contributed by atoms with Gasteiger partial charge in [-0.3, -0.25) is 4.79 Å². The van der Waals surface area contributed by atoms with Gasteiger partial charge in [0.25, 0.3) is 0 Å². The molecule has 0 radical (unpaired) electrons. The number of ether oxygens (including phenoxy) is 2. The molecular weight excluding hydrogens is 355 g/mol. The van der Waals surface area contributed by atoms with Crippen molar-refractivity contribution in [3.05, 3.63) is 57.7 Å². The average Bonchev–Trinajstić information content (AvgIpc) is 2.45. The Labute approximate surface area is 125 Å². The summed E-state index contributed by atoms with van der Waals surface area (Å²) < 4.78 is 11.8. The molecule has 0 spiro atoms. The predicted octanol–water partition coefficient (Wildman–Crippen LogP) is 3.56. The third kappa shape index (κ3) is 3.70. The van der Waals surface area contributed by atoms with Crippen molar-refractivity contribution in [2.75, 3.05) is 13.7 Å². The summed E-state index contributed by atoms with van der Waals surface area (Å²) in [4.78, 5) is 12.0. The Bertz CT molecular complexity index is 564. The van der Waals surface area contributed by atoms with E-state index in [4.69, 9.17) is 9.47 Å². The molecule has 0 atom stereocenters. The maximum absolute atomic E-state index is 12.0. The van der Waals surface area contributed by atoms with E-state index in [1.165, 1.54) is 0 Å². The number of hydrogen-bond donors (Lipinski definition) is 0. The van der Waals surface area contributed by atoms with Crippen LogP contribution < -0.4 is 9.47 Å². The summed E-state index contributed by atoms with van der Waals surface area (Å²) in [6.45, 7) is 0.000958. The van der Waals surface area contributed by atoms with Gasteiger partial charge in [0.1, 0.15) is 0 Å². The Hall–Kier alpha value is -1.56. The van der Waals surface area contributed by atoms with Gasteiger partial charge in [0.05, 0.1) is 7.11 Å². The first-order valence-electron chi connectivity index (χ1n) is 5.75. The number of hydrogen-bond acceptors (Lipinski definition) is 3. The molecule has 2 aromatic rings. The summed E-state index contributed by atoms with van der Waals surface area (Å²) in [5.41, 5.74) is 0.648. The van der Waals surface area contributed by atoms with E-state index in [9.17, 15) is 4.79 Å². The van der Waals surface area contributed by atoms with E-state index in [0.717, 1.165) is 3.57 Å². The fourth-order valence-electron chi connectivity index (χ4n) is 1.60. The van der Waals surface area contributed by atoms with Crippen molar-refractivity contribution in [2.24, 2.45) is 0 Å². The minimum atomic E-state index is -0.0534. The van der Waals surface area contributed by atoms with Crippen LogP contribution in [-0.4, -0.2) is 19.5 Å². The molecule has 98 valence electrons. The van der Waals surface area contributed by atoms with Gasteiger partial charge in [-0.25, -0.2) is 0 Å². The molecule has 4 heteroatoms. The quantitative estimate of drug-likeness (QED) is 0.598. The SMILES string of the molecule is COc1ccccc1OCC(=O)c1ccc(I)cc1. The molecule has 0 heterocycles. The van der Waals surface area contributed by atoms with Crippen molar-refractivity contribution in [3.63, 3.8) is 0 Å². The van der Waals surface area contributed by atoms with Crippen LogP contribution in [0.2, 0.25) is 0 Å². The second kappa shape index (κ2) is 6.56. The zero-order valence-electron chi connectivity index (χ0n) is 10.4. The molecule has 0 aliphatic rings. The normalized spacial score (nSPS) is 10.0. The zero-order chi connectivity index (χ0) is 13.7. The Kier molecular flexibility index (Phi) is 4.79. The number of halogens is 1. The van der Waals surface area contributed by atoms with Gasteiger partial charge in [-0.15, -0.1) is 0 Å². The van der Waals surface area contributed by atoms with Crippen LogP contribution in [0.1, 0.15) is 10.4 Å². The summed E-state index contributed by atoms with van der Waals surface area (Å²) >= 11 is 2.20. The van der Waals surface area contributed by atoms with Gasteiger partial charge >= 0.3 is 0 Å². The molecule has 2 rings (SSSR count). The van der Waals surface area contributed by atoms with Crippen LogP contribution in [0.25, 0.3) is 0 Å². The highest BCUT2D eigenvalue weighted by Crippen LogP contribution is 2.25. The van der Waals surface area contributed by atoms with Gasteiger partial charge in [0.15, 0.2) is 23.9 Å². The van der Waals surface area contributed by atoms with Crippen molar-refractivity contribution >= 4 is 28.4 Å². The van der Waals surface area contributed by atoms with Gasteiger partial charge in [0.2, 0.25) is 0 Å². The fraction of sp³-hybridized carbons (Fsp3) is 0.133. The summed E-state index contributed by atoms with van der Waals surface area (Å²) in [5.74, 6) is 1.14. The molecule has 0 saturated heterocycles. The molecule has 0 aliphatic heterocycles. The Morgan fingerprint density at radius 1 is 1.05 bits per heavy atom. The first-order valence-corrected chi connectivity index (χ1v) is 6.83. The van der Waals surface area contributed by atoms with Crippen LogP contribution in [0.3, 0.4) is 0 Å². The van der Waals surface area contributed by atoms with E-state index >= 15 is 0 Å². The molecular formula is C15H13IO3. The molecule has 0 saturated carbocycles. The second-order valence-corrected chi connectivity index (χ2v) is 5.12. The lowest BCUT2D eigenvalue weighted by Gasteiger charge is -2.09. The number of rotatable bonds is 5. The average molecular weight is 368 g/mol. The van der Waals surface area contributed by atoms with Crippen molar-refractivity contribution in [1.29, 1.82) is 0 Å². The first-order chi connectivity index (χ1) is 9.20. The van der Waals surface area contributed by atoms with E-state index < -0.39 is 0 Å². The molecule has 3 nitrogen and oxygen atoms in total. The van der Waals surface area contributed by atoms with E-state index in [1.54, 1.807) is 31.4 Å². The lowest BCUT2D eigenvalue weighted by Crippen LogP contribution is -2.11. The first kappa shape index (κ1) is 13.9. The highest BCUT2D eigenvalue weighted by Gasteiger charge is 2.09. The highest BCUT2D eigenvalue weighted by atomic mass is 127. The monoisotopic (exact) mass is 368 g/mol. The molecule has 0 N–H and O–H groups in total. The van der Waals surface area contributed by atoms with Crippen LogP contribution in [0.4, 0.5) is 0 Å². The molecule has 0 aromatic heterocycles. The molecule has 2 aromatic carbocycles. The van der Waals surface area contributed by atoms with Crippen molar-refractivity contribution in [1.82, 2.24) is 0 Å². The number of methoxy groups -OCH3 is 1. The molecule has 0 aliphatic carbocycles. The third-order valence-corrected chi connectivity index (χ3v) is 3.31. The van der Waals surface area contributed by atoms with Crippen molar-refractivity contribution < 1.29 is 14.3 Å². The Morgan fingerprint density at radius 3 is 2.32 bits per heavy atom. The van der Waals surface area contributed by atoms with Crippen LogP contribution in [0.5, 0.6) is 11.5 Å². The number of carbonyl (C=O) groups excluding carboxylic acids is 1. The lowest BCUT2D eigenvalue weighted by molar-refractivity contribution is 0.0919. The van der Waals surface area contributed by atoms with Gasteiger partial charge in [-0.2, -0.15) is 0 Å². The topological polar surface area (TPSA) is 35.5 Å². The summed E-state index contributed by atoms with van der Waals surface area (Å²) in [5, 5.41) is 0. The van der Waals surface area contributed by atoms with Gasteiger partial charge in [-0.05, 0) is 46.9 Å². The van der Waals surface area contributed by atoms with E-state index in [-0.39, 0.29) is 12.4 Å². The smallest absolute Gasteiger partial charge is 0.200 e. The number of Topliss-reactive ketones (excluding diaryl/α,β-unsaturated/α-hetero) is 1. The summed E-state index contributed by atoms with van der Waals surface area (Å²) in [6.07, 6.45) is 0. The minimum absolute atomic E-state index is 0.000958. The number of para-hydroxylation sites is 2. The molecule has 0 fully saturated rings. The second-order valence-electron chi connectivity index (χ2n) is 3.87. The maximum atomic E-state index is 12.0. The summed E-state index contributed by atoms with van der Waals surface area (Å²) in [7, 11) is 1.57. The maximum Gasteiger partial charge on any atom is 0.200 e. The van der Waals surface area contributed by atoms with Crippen LogP contribution in [0.15, 0.2) is 48.5 Å². The van der Waals surface area contributed by atoms with E-state index in [2.05, 4.69) is 22.6 Å². The highest BCUT2D eigenvalue weighted by molar-refractivity contribution is 14.1. The van der Waals surface area contributed by atoms with E-state index in [1.807, 2.05) is 24.3 Å². The largest absolute Gasteiger partial charge is 0.493 e. The van der Waals surface area contributed by atoms with Gasteiger partial charge in [-0.1, -0.05) is 24.3 Å². The lowest BCUT2D eigenvalue weighted by atomic mass is 10.1. The Morgan fingerprint density at radius 2 is 1.68 bits per heavy atom. The zero-order valence-corrected chi connectivity index (χ0v) is 12.6. The van der Waals surface area contributed by atoms with E-state index in [0.29, 0.717) is 17.1 Å². The molecule has 0 bridgehead atoms. The predicted molar refractivity (Wildman–Crippen MR) is 82.0 cm³/mol. The fourth-order valence-corrected chi connectivity index (χ4v) is 1.96. The molecule has 0 unspecified atom stereocenters. The van der Waals surface area contributed by atoms with Crippen molar-refractivity contribution in [2.45, 2.75) is 0 Å². The van der Waals surface area contributed by atoms with Crippen LogP contribution in [-0.2, 0) is 0 Å². The third-order valence-electron chi connectivity index (χ3n) is 2.59. The van der Waals surface area contributed by atoms with Crippen molar-refractivity contribution in [3.8, 4) is 11.5 Å². The minimum Gasteiger partial charge on any atom is -0.493 e.